The zero-order valence-electron chi connectivity index (χ0n) is 19.9. The van der Waals surface area contributed by atoms with Crippen molar-refractivity contribution in [3.05, 3.63) is 69.1 Å². The maximum absolute atomic E-state index is 13.0. The molecule has 0 N–H and O–H groups in total. The van der Waals surface area contributed by atoms with Crippen LogP contribution >= 0.6 is 11.8 Å². The highest BCUT2D eigenvalue weighted by molar-refractivity contribution is 8.18. The molecule has 0 radical (unpaired) electrons. The van der Waals surface area contributed by atoms with Gasteiger partial charge in [-0.3, -0.25) is 14.5 Å². The van der Waals surface area contributed by atoms with Gasteiger partial charge in [0, 0.05) is 17.8 Å². The zero-order chi connectivity index (χ0) is 23.2. The lowest BCUT2D eigenvalue weighted by molar-refractivity contribution is -0.123. The maximum Gasteiger partial charge on any atom is 0.293 e. The highest BCUT2D eigenvalue weighted by atomic mass is 32.2. The molecule has 2 aliphatic rings. The lowest BCUT2D eigenvalue weighted by Gasteiger charge is -2.47. The Morgan fingerprint density at radius 1 is 1.12 bits per heavy atom. The normalized spacial score (nSPS) is 21.4. The SMILES string of the molecule is CCN1c2cc(C)c(/C=C3\SC(=O)N(Cc4ccc(C)cc4)C3=O)cc2C(C)CC1(C)C. The molecule has 2 aromatic carbocycles. The zero-order valence-corrected chi connectivity index (χ0v) is 20.7. The topological polar surface area (TPSA) is 40.6 Å². The van der Waals surface area contributed by atoms with E-state index in [9.17, 15) is 9.59 Å². The molecule has 1 fully saturated rings. The van der Waals surface area contributed by atoms with Crippen LogP contribution in [0.4, 0.5) is 10.5 Å². The van der Waals surface area contributed by atoms with Crippen molar-refractivity contribution < 1.29 is 9.59 Å². The van der Waals surface area contributed by atoms with Crippen LogP contribution in [0, 0.1) is 13.8 Å². The number of carbonyl (C=O) groups excluding carboxylic acids is 2. The van der Waals surface area contributed by atoms with E-state index in [0.29, 0.717) is 17.4 Å². The second kappa shape index (κ2) is 8.43. The summed E-state index contributed by atoms with van der Waals surface area (Å²) in [7, 11) is 0. The molecule has 0 aromatic heterocycles. The van der Waals surface area contributed by atoms with Crippen LogP contribution in [0.2, 0.25) is 0 Å². The van der Waals surface area contributed by atoms with Crippen LogP contribution < -0.4 is 4.90 Å². The highest BCUT2D eigenvalue weighted by Crippen LogP contribution is 2.45. The Morgan fingerprint density at radius 3 is 2.47 bits per heavy atom. The number of hydrogen-bond donors (Lipinski definition) is 0. The number of aryl methyl sites for hydroxylation is 2. The lowest BCUT2D eigenvalue weighted by atomic mass is 9.79. The molecule has 4 rings (SSSR count). The summed E-state index contributed by atoms with van der Waals surface area (Å²) in [5, 5.41) is -0.204. The maximum atomic E-state index is 13.0. The molecule has 5 heteroatoms. The summed E-state index contributed by atoms with van der Waals surface area (Å²) < 4.78 is 0. The van der Waals surface area contributed by atoms with Crippen LogP contribution in [0.5, 0.6) is 0 Å². The monoisotopic (exact) mass is 448 g/mol. The molecule has 2 amide bonds. The van der Waals surface area contributed by atoms with E-state index in [-0.39, 0.29) is 16.7 Å². The number of hydrogen-bond acceptors (Lipinski definition) is 4. The molecule has 2 aromatic rings. The smallest absolute Gasteiger partial charge is 0.293 e. The van der Waals surface area contributed by atoms with E-state index in [1.165, 1.54) is 16.2 Å². The van der Waals surface area contributed by atoms with Gasteiger partial charge in [-0.2, -0.15) is 0 Å². The largest absolute Gasteiger partial charge is 0.366 e. The van der Waals surface area contributed by atoms with Crippen molar-refractivity contribution in [1.29, 1.82) is 0 Å². The number of amides is 2. The van der Waals surface area contributed by atoms with E-state index < -0.39 is 0 Å². The van der Waals surface area contributed by atoms with Crippen molar-refractivity contribution in [2.24, 2.45) is 0 Å². The van der Waals surface area contributed by atoms with Crippen molar-refractivity contribution in [1.82, 2.24) is 4.90 Å². The summed E-state index contributed by atoms with van der Waals surface area (Å²) in [5.41, 5.74) is 6.99. The van der Waals surface area contributed by atoms with Crippen molar-refractivity contribution in [2.45, 2.75) is 66.0 Å². The van der Waals surface area contributed by atoms with Gasteiger partial charge in [0.15, 0.2) is 0 Å². The molecule has 0 bridgehead atoms. The molecular formula is C27H32N2O2S. The molecule has 0 aliphatic carbocycles. The van der Waals surface area contributed by atoms with Gasteiger partial charge < -0.3 is 4.90 Å². The number of carbonyl (C=O) groups is 2. The number of benzene rings is 2. The lowest BCUT2D eigenvalue weighted by Crippen LogP contribution is -2.48. The average molecular weight is 449 g/mol. The molecule has 2 heterocycles. The molecule has 4 nitrogen and oxygen atoms in total. The molecule has 1 atom stereocenters. The fraction of sp³-hybridized carbons (Fsp3) is 0.407. The Balaban J connectivity index is 1.64. The minimum atomic E-state index is -0.206. The Labute approximate surface area is 195 Å². The van der Waals surface area contributed by atoms with Gasteiger partial charge in [-0.15, -0.1) is 0 Å². The van der Waals surface area contributed by atoms with Gasteiger partial charge in [-0.25, -0.2) is 0 Å². The fourth-order valence-electron chi connectivity index (χ4n) is 5.06. The Kier molecular flexibility index (Phi) is 5.97. The van der Waals surface area contributed by atoms with Gasteiger partial charge in [0.25, 0.3) is 11.1 Å². The number of rotatable bonds is 4. The summed E-state index contributed by atoms with van der Waals surface area (Å²) >= 11 is 1.04. The molecule has 168 valence electrons. The van der Waals surface area contributed by atoms with Crippen molar-refractivity contribution in [2.75, 3.05) is 11.4 Å². The van der Waals surface area contributed by atoms with Gasteiger partial charge in [-0.1, -0.05) is 36.8 Å². The van der Waals surface area contributed by atoms with E-state index in [4.69, 9.17) is 0 Å². The number of nitrogens with zero attached hydrogens (tertiary/aromatic N) is 2. The second-order valence-electron chi connectivity index (χ2n) is 9.68. The first-order chi connectivity index (χ1) is 15.1. The van der Waals surface area contributed by atoms with Crippen molar-refractivity contribution in [3.8, 4) is 0 Å². The predicted octanol–water partition coefficient (Wildman–Crippen LogP) is 6.65. The summed E-state index contributed by atoms with van der Waals surface area (Å²) in [6, 6.07) is 12.4. The van der Waals surface area contributed by atoms with Crippen LogP contribution in [0.3, 0.4) is 0 Å². The van der Waals surface area contributed by atoms with Gasteiger partial charge in [-0.05, 0) is 99.2 Å². The molecule has 1 unspecified atom stereocenters. The van der Waals surface area contributed by atoms with Gasteiger partial charge in [0.05, 0.1) is 11.4 Å². The number of imide groups is 1. The predicted molar refractivity (Wildman–Crippen MR) is 134 cm³/mol. The Hall–Kier alpha value is -2.53. The third kappa shape index (κ3) is 4.11. The van der Waals surface area contributed by atoms with Crippen LogP contribution in [-0.4, -0.2) is 28.1 Å². The second-order valence-corrected chi connectivity index (χ2v) is 10.7. The Morgan fingerprint density at radius 2 is 1.81 bits per heavy atom. The molecular weight excluding hydrogens is 416 g/mol. The summed E-state index contributed by atoms with van der Waals surface area (Å²) in [6.45, 7) is 14.5. The van der Waals surface area contributed by atoms with Crippen molar-refractivity contribution in [3.63, 3.8) is 0 Å². The standard InChI is InChI=1S/C27H32N2O2S/c1-7-29-23-12-18(3)21(13-22(23)19(4)15-27(29,5)6)14-24-25(30)28(26(31)32-24)16-20-10-8-17(2)9-11-20/h8-14,19H,7,15-16H2,1-6H3/b24-14-. The highest BCUT2D eigenvalue weighted by Gasteiger charge is 2.37. The van der Waals surface area contributed by atoms with E-state index >= 15 is 0 Å². The average Bonchev–Trinajstić information content (AvgIpc) is 2.98. The van der Waals surface area contributed by atoms with E-state index in [1.807, 2.05) is 37.3 Å². The fourth-order valence-corrected chi connectivity index (χ4v) is 5.89. The molecule has 2 aliphatic heterocycles. The molecule has 1 saturated heterocycles. The van der Waals surface area contributed by atoms with Gasteiger partial charge in [0.1, 0.15) is 0 Å². The van der Waals surface area contributed by atoms with Crippen LogP contribution in [0.15, 0.2) is 41.3 Å². The first-order valence-corrected chi connectivity index (χ1v) is 12.2. The van der Waals surface area contributed by atoms with Crippen LogP contribution in [-0.2, 0) is 11.3 Å². The van der Waals surface area contributed by atoms with E-state index in [1.54, 1.807) is 0 Å². The van der Waals surface area contributed by atoms with Crippen LogP contribution in [0.1, 0.15) is 67.9 Å². The summed E-state index contributed by atoms with van der Waals surface area (Å²) in [5.74, 6) is 0.231. The third-order valence-electron chi connectivity index (χ3n) is 6.71. The number of anilines is 1. The van der Waals surface area contributed by atoms with Crippen molar-refractivity contribution >= 4 is 34.7 Å². The molecule has 0 spiro atoms. The van der Waals surface area contributed by atoms with Crippen LogP contribution in [0.25, 0.3) is 6.08 Å². The van der Waals surface area contributed by atoms with Gasteiger partial charge in [0.2, 0.25) is 0 Å². The number of thioether (sulfide) groups is 1. The molecule has 32 heavy (non-hydrogen) atoms. The summed E-state index contributed by atoms with van der Waals surface area (Å²) in [6.07, 6.45) is 2.99. The summed E-state index contributed by atoms with van der Waals surface area (Å²) in [4.78, 5) is 30.0. The number of fused-ring (bicyclic) bond motifs is 1. The Bertz CT molecular complexity index is 1100. The van der Waals surface area contributed by atoms with E-state index in [2.05, 4.69) is 51.7 Å². The minimum Gasteiger partial charge on any atom is -0.366 e. The minimum absolute atomic E-state index is 0.119. The van der Waals surface area contributed by atoms with Gasteiger partial charge >= 0.3 is 0 Å². The quantitative estimate of drug-likeness (QED) is 0.491. The first kappa shape index (κ1) is 22.7. The third-order valence-corrected chi connectivity index (χ3v) is 7.62. The first-order valence-electron chi connectivity index (χ1n) is 11.3. The molecule has 0 saturated carbocycles. The van der Waals surface area contributed by atoms with E-state index in [0.717, 1.165) is 47.0 Å².